The molecule has 0 atom stereocenters. The minimum atomic E-state index is -0.0602. The average Bonchev–Trinajstić information content (AvgIpc) is 3.50. The predicted molar refractivity (Wildman–Crippen MR) is 138 cm³/mol. The van der Waals surface area contributed by atoms with Crippen molar-refractivity contribution in [1.82, 2.24) is 34.7 Å². The van der Waals surface area contributed by atoms with Gasteiger partial charge in [0.2, 0.25) is 5.82 Å². The summed E-state index contributed by atoms with van der Waals surface area (Å²) in [5.74, 6) is 0.519. The summed E-state index contributed by atoms with van der Waals surface area (Å²) in [5, 5.41) is 14.4. The molecular weight excluding hydrogens is 506 g/mol. The van der Waals surface area contributed by atoms with Crippen molar-refractivity contribution < 1.29 is 0 Å². The standard InChI is InChI=1S/C26H24BrN7O/c1-3-7-19-16-34(24-17(2)8-6-11-22(24)27)26(35)33(19)15-18-12-13-23(28-14-18)20-9-4-5-10-21(20)25-29-31-32-30-25/h4-6,8-14,16H,3,7,15H2,1-2H3,(H,29,30,31,32). The molecule has 0 bridgehead atoms. The fourth-order valence-electron chi connectivity index (χ4n) is 4.28. The van der Waals surface area contributed by atoms with Crippen molar-refractivity contribution in [2.45, 2.75) is 33.2 Å². The number of H-pyrrole nitrogens is 1. The molecule has 35 heavy (non-hydrogen) atoms. The van der Waals surface area contributed by atoms with Crippen LogP contribution in [0.5, 0.6) is 0 Å². The van der Waals surface area contributed by atoms with E-state index in [1.54, 1.807) is 4.57 Å². The molecule has 0 aliphatic rings. The van der Waals surface area contributed by atoms with Gasteiger partial charge in [-0.2, -0.15) is 5.21 Å². The lowest BCUT2D eigenvalue weighted by molar-refractivity contribution is 0.689. The Balaban J connectivity index is 1.49. The van der Waals surface area contributed by atoms with E-state index in [0.29, 0.717) is 12.4 Å². The maximum Gasteiger partial charge on any atom is 0.333 e. The number of para-hydroxylation sites is 1. The fraction of sp³-hybridized carbons (Fsp3) is 0.192. The summed E-state index contributed by atoms with van der Waals surface area (Å²) in [5.41, 5.74) is 6.37. The molecule has 0 spiro atoms. The lowest BCUT2D eigenvalue weighted by Gasteiger charge is -2.09. The number of rotatable bonds is 7. The normalized spacial score (nSPS) is 11.2. The van der Waals surface area contributed by atoms with E-state index in [1.165, 1.54) is 0 Å². The van der Waals surface area contributed by atoms with Gasteiger partial charge in [-0.15, -0.1) is 10.2 Å². The van der Waals surface area contributed by atoms with Crippen LogP contribution in [0.3, 0.4) is 0 Å². The second-order valence-corrected chi connectivity index (χ2v) is 9.20. The zero-order valence-electron chi connectivity index (χ0n) is 19.4. The molecule has 8 nitrogen and oxygen atoms in total. The molecule has 5 rings (SSSR count). The van der Waals surface area contributed by atoms with E-state index in [4.69, 9.17) is 4.98 Å². The van der Waals surface area contributed by atoms with Gasteiger partial charge in [0.05, 0.1) is 17.9 Å². The number of nitrogens with zero attached hydrogens (tertiary/aromatic N) is 6. The Bertz CT molecular complexity index is 1500. The quantitative estimate of drug-likeness (QED) is 0.321. The molecule has 0 saturated heterocycles. The first kappa shape index (κ1) is 22.9. The summed E-state index contributed by atoms with van der Waals surface area (Å²) in [7, 11) is 0. The summed E-state index contributed by atoms with van der Waals surface area (Å²) in [6.07, 6.45) is 5.55. The summed E-state index contributed by atoms with van der Waals surface area (Å²) in [6, 6.07) is 17.7. The molecule has 0 unspecified atom stereocenters. The second-order valence-electron chi connectivity index (χ2n) is 8.35. The molecular formula is C26H24BrN7O. The van der Waals surface area contributed by atoms with E-state index in [0.717, 1.165) is 56.6 Å². The van der Waals surface area contributed by atoms with Crippen LogP contribution in [0, 0.1) is 6.92 Å². The van der Waals surface area contributed by atoms with Crippen molar-refractivity contribution in [3.63, 3.8) is 0 Å². The lowest BCUT2D eigenvalue weighted by Crippen LogP contribution is -2.25. The molecule has 0 aliphatic carbocycles. The summed E-state index contributed by atoms with van der Waals surface area (Å²) >= 11 is 3.61. The summed E-state index contributed by atoms with van der Waals surface area (Å²) in [6.45, 7) is 4.58. The number of aryl methyl sites for hydroxylation is 2. The van der Waals surface area contributed by atoms with Gasteiger partial charge < -0.3 is 0 Å². The first-order chi connectivity index (χ1) is 17.1. The van der Waals surface area contributed by atoms with Crippen LogP contribution in [0.15, 0.2) is 76.3 Å². The van der Waals surface area contributed by atoms with E-state index >= 15 is 0 Å². The number of aromatic amines is 1. The molecule has 9 heteroatoms. The van der Waals surface area contributed by atoms with Crippen LogP contribution in [0.4, 0.5) is 0 Å². The van der Waals surface area contributed by atoms with E-state index in [2.05, 4.69) is 43.5 Å². The smallest absolute Gasteiger partial charge is 0.292 e. The van der Waals surface area contributed by atoms with Crippen LogP contribution in [-0.2, 0) is 13.0 Å². The van der Waals surface area contributed by atoms with E-state index in [1.807, 2.05) is 78.5 Å². The van der Waals surface area contributed by atoms with Crippen molar-refractivity contribution in [3.8, 4) is 28.3 Å². The maximum atomic E-state index is 13.5. The Hall–Kier alpha value is -3.85. The third-order valence-electron chi connectivity index (χ3n) is 5.95. The lowest BCUT2D eigenvalue weighted by atomic mass is 10.0. The highest BCUT2D eigenvalue weighted by molar-refractivity contribution is 9.10. The summed E-state index contributed by atoms with van der Waals surface area (Å²) < 4.78 is 4.48. The Morgan fingerprint density at radius 2 is 1.86 bits per heavy atom. The van der Waals surface area contributed by atoms with Gasteiger partial charge in [-0.1, -0.05) is 55.8 Å². The van der Waals surface area contributed by atoms with Crippen LogP contribution in [0.2, 0.25) is 0 Å². The van der Waals surface area contributed by atoms with Gasteiger partial charge in [0.1, 0.15) is 0 Å². The molecule has 0 radical (unpaired) electrons. The van der Waals surface area contributed by atoms with Gasteiger partial charge in [-0.05, 0) is 57.7 Å². The number of aromatic nitrogens is 7. The molecule has 3 aromatic heterocycles. The van der Waals surface area contributed by atoms with Crippen LogP contribution < -0.4 is 5.69 Å². The zero-order valence-corrected chi connectivity index (χ0v) is 21.0. The Kier molecular flexibility index (Phi) is 6.41. The highest BCUT2D eigenvalue weighted by atomic mass is 79.9. The number of halogens is 1. The number of imidazole rings is 1. The number of nitrogens with one attached hydrogen (secondary N) is 1. The highest BCUT2D eigenvalue weighted by Gasteiger charge is 2.17. The van der Waals surface area contributed by atoms with Gasteiger partial charge in [-0.25, -0.2) is 4.79 Å². The Labute approximate surface area is 210 Å². The number of benzene rings is 2. The van der Waals surface area contributed by atoms with Crippen LogP contribution in [0.25, 0.3) is 28.3 Å². The number of pyridine rings is 1. The maximum absolute atomic E-state index is 13.5. The zero-order chi connectivity index (χ0) is 24.4. The SMILES string of the molecule is CCCc1cn(-c2c(C)cccc2Br)c(=O)n1Cc1ccc(-c2ccccc2-c2nn[nH]n2)nc1. The monoisotopic (exact) mass is 529 g/mol. The molecule has 0 aliphatic heterocycles. The van der Waals surface area contributed by atoms with E-state index < -0.39 is 0 Å². The predicted octanol–water partition coefficient (Wildman–Crippen LogP) is 4.95. The topological polar surface area (TPSA) is 94.3 Å². The van der Waals surface area contributed by atoms with E-state index in [9.17, 15) is 4.79 Å². The van der Waals surface area contributed by atoms with Crippen LogP contribution >= 0.6 is 15.9 Å². The third kappa shape index (κ3) is 4.46. The Morgan fingerprint density at radius 3 is 2.54 bits per heavy atom. The van der Waals surface area contributed by atoms with Gasteiger partial charge in [0.25, 0.3) is 0 Å². The second kappa shape index (κ2) is 9.79. The van der Waals surface area contributed by atoms with Crippen LogP contribution in [-0.4, -0.2) is 34.7 Å². The number of tetrazole rings is 1. The minimum Gasteiger partial charge on any atom is -0.292 e. The molecule has 2 aromatic carbocycles. The fourth-order valence-corrected chi connectivity index (χ4v) is 4.93. The number of hydrogen-bond donors (Lipinski definition) is 1. The van der Waals surface area contributed by atoms with Crippen molar-refractivity contribution in [2.75, 3.05) is 0 Å². The van der Waals surface area contributed by atoms with Crippen molar-refractivity contribution >= 4 is 15.9 Å². The molecule has 5 aromatic rings. The van der Waals surface area contributed by atoms with Crippen LogP contribution in [0.1, 0.15) is 30.2 Å². The molecule has 0 saturated carbocycles. The van der Waals surface area contributed by atoms with Crippen molar-refractivity contribution in [2.24, 2.45) is 0 Å². The minimum absolute atomic E-state index is 0.0602. The Morgan fingerprint density at radius 1 is 1.03 bits per heavy atom. The first-order valence-corrected chi connectivity index (χ1v) is 12.2. The summed E-state index contributed by atoms with van der Waals surface area (Å²) in [4.78, 5) is 18.2. The molecule has 176 valence electrons. The van der Waals surface area contributed by atoms with Crippen molar-refractivity contribution in [1.29, 1.82) is 0 Å². The molecule has 0 amide bonds. The average molecular weight is 530 g/mol. The highest BCUT2D eigenvalue weighted by Crippen LogP contribution is 2.28. The molecule has 3 heterocycles. The third-order valence-corrected chi connectivity index (χ3v) is 6.59. The number of hydrogen-bond acceptors (Lipinski definition) is 5. The molecule has 0 fully saturated rings. The van der Waals surface area contributed by atoms with Gasteiger partial charge in [0, 0.05) is 33.7 Å². The van der Waals surface area contributed by atoms with Gasteiger partial charge >= 0.3 is 5.69 Å². The first-order valence-electron chi connectivity index (χ1n) is 11.4. The largest absolute Gasteiger partial charge is 0.333 e. The van der Waals surface area contributed by atoms with Gasteiger partial charge in [-0.3, -0.25) is 14.1 Å². The molecule has 1 N–H and O–H groups in total. The van der Waals surface area contributed by atoms with Crippen molar-refractivity contribution in [3.05, 3.63) is 98.8 Å². The van der Waals surface area contributed by atoms with Gasteiger partial charge in [0.15, 0.2) is 0 Å². The van der Waals surface area contributed by atoms with E-state index in [-0.39, 0.29) is 5.69 Å².